The van der Waals surface area contributed by atoms with Crippen LogP contribution < -0.4 is 5.32 Å². The van der Waals surface area contributed by atoms with E-state index in [4.69, 9.17) is 32.7 Å². The summed E-state index contributed by atoms with van der Waals surface area (Å²) in [5.74, 6) is -0.463. The number of anilines is 1. The van der Waals surface area contributed by atoms with Gasteiger partial charge in [-0.2, -0.15) is 0 Å². The molecule has 7 heteroatoms. The standard InChI is InChI=1S/C12H13Cl2NO4/c1-8(11(16)18-6-5-13)19-12(17)15-10-4-2-3-9(14)7-10/h2-4,7-8H,5-6H2,1H3,(H,15,17)/t8-/m1/s1. The lowest BCUT2D eigenvalue weighted by Gasteiger charge is -2.13. The van der Waals surface area contributed by atoms with E-state index in [1.807, 2.05) is 0 Å². The van der Waals surface area contributed by atoms with Crippen molar-refractivity contribution in [1.82, 2.24) is 0 Å². The Balaban J connectivity index is 2.44. The molecule has 5 nitrogen and oxygen atoms in total. The average Bonchev–Trinajstić information content (AvgIpc) is 2.35. The van der Waals surface area contributed by atoms with Gasteiger partial charge in [0.25, 0.3) is 0 Å². The van der Waals surface area contributed by atoms with Crippen LogP contribution in [-0.4, -0.2) is 30.7 Å². The topological polar surface area (TPSA) is 64.6 Å². The highest BCUT2D eigenvalue weighted by molar-refractivity contribution is 6.30. The normalized spacial score (nSPS) is 11.5. The van der Waals surface area contributed by atoms with Gasteiger partial charge < -0.3 is 9.47 Å². The number of hydrogen-bond acceptors (Lipinski definition) is 4. The molecule has 0 heterocycles. The SMILES string of the molecule is C[C@@H](OC(=O)Nc1cccc(Cl)c1)C(=O)OCCCl. The minimum atomic E-state index is -1.01. The second-order valence-corrected chi connectivity index (χ2v) is 4.35. The number of nitrogens with one attached hydrogen (secondary N) is 1. The minimum absolute atomic E-state index is 0.0734. The molecule has 0 spiro atoms. The quantitative estimate of drug-likeness (QED) is 0.671. The van der Waals surface area contributed by atoms with Crippen molar-refractivity contribution in [2.45, 2.75) is 13.0 Å². The molecule has 0 radical (unpaired) electrons. The molecule has 1 aromatic carbocycles. The molecule has 1 aromatic rings. The number of esters is 1. The summed E-state index contributed by atoms with van der Waals surface area (Å²) in [5.41, 5.74) is 0.471. The van der Waals surface area contributed by atoms with Crippen molar-refractivity contribution in [3.05, 3.63) is 29.3 Å². The average molecular weight is 306 g/mol. The van der Waals surface area contributed by atoms with Gasteiger partial charge >= 0.3 is 12.1 Å². The van der Waals surface area contributed by atoms with E-state index in [-0.39, 0.29) is 12.5 Å². The zero-order chi connectivity index (χ0) is 14.3. The molecule has 1 amide bonds. The van der Waals surface area contributed by atoms with Gasteiger partial charge in [0.2, 0.25) is 0 Å². The first-order valence-electron chi connectivity index (χ1n) is 5.48. The largest absolute Gasteiger partial charge is 0.462 e. The van der Waals surface area contributed by atoms with Crippen LogP contribution in [0, 0.1) is 0 Å². The fourth-order valence-corrected chi connectivity index (χ4v) is 1.45. The van der Waals surface area contributed by atoms with Crippen molar-refractivity contribution in [2.24, 2.45) is 0 Å². The fraction of sp³-hybridized carbons (Fsp3) is 0.333. The number of alkyl halides is 1. The second-order valence-electron chi connectivity index (χ2n) is 3.54. The third-order valence-electron chi connectivity index (χ3n) is 2.01. The van der Waals surface area contributed by atoms with Gasteiger partial charge in [-0.1, -0.05) is 17.7 Å². The Morgan fingerprint density at radius 3 is 2.79 bits per heavy atom. The van der Waals surface area contributed by atoms with E-state index in [0.29, 0.717) is 10.7 Å². The van der Waals surface area contributed by atoms with Crippen molar-refractivity contribution in [2.75, 3.05) is 17.8 Å². The van der Waals surface area contributed by atoms with Crippen LogP contribution in [0.25, 0.3) is 0 Å². The van der Waals surface area contributed by atoms with Gasteiger partial charge in [-0.05, 0) is 25.1 Å². The fourth-order valence-electron chi connectivity index (χ4n) is 1.18. The lowest BCUT2D eigenvalue weighted by Crippen LogP contribution is -2.29. The first-order valence-corrected chi connectivity index (χ1v) is 6.40. The van der Waals surface area contributed by atoms with Crippen LogP contribution in [0.3, 0.4) is 0 Å². The molecule has 0 unspecified atom stereocenters. The number of carbonyl (C=O) groups excluding carboxylic acids is 2. The maximum atomic E-state index is 11.5. The Labute approximate surface area is 120 Å². The molecule has 0 bridgehead atoms. The van der Waals surface area contributed by atoms with Crippen molar-refractivity contribution in [1.29, 1.82) is 0 Å². The number of benzene rings is 1. The third kappa shape index (κ3) is 5.81. The molecule has 19 heavy (non-hydrogen) atoms. The highest BCUT2D eigenvalue weighted by Crippen LogP contribution is 2.15. The van der Waals surface area contributed by atoms with Crippen LogP contribution in [-0.2, 0) is 14.3 Å². The molecule has 0 fully saturated rings. The molecular formula is C12H13Cl2NO4. The van der Waals surface area contributed by atoms with E-state index in [0.717, 1.165) is 0 Å². The number of halogens is 2. The molecule has 1 atom stereocenters. The van der Waals surface area contributed by atoms with Crippen LogP contribution in [0.1, 0.15) is 6.92 Å². The summed E-state index contributed by atoms with van der Waals surface area (Å²) in [5, 5.41) is 2.92. The number of ether oxygens (including phenoxy) is 2. The lowest BCUT2D eigenvalue weighted by molar-refractivity contribution is -0.151. The molecule has 1 rings (SSSR count). The summed E-state index contributed by atoms with van der Waals surface area (Å²) in [6.07, 6.45) is -1.78. The highest BCUT2D eigenvalue weighted by Gasteiger charge is 2.19. The van der Waals surface area contributed by atoms with Crippen LogP contribution in [0.4, 0.5) is 10.5 Å². The Bertz CT molecular complexity index is 453. The molecule has 0 aliphatic carbocycles. The molecule has 104 valence electrons. The first kappa shape index (κ1) is 15.6. The predicted molar refractivity (Wildman–Crippen MR) is 72.7 cm³/mol. The molecule has 0 aliphatic rings. The van der Waals surface area contributed by atoms with Gasteiger partial charge in [-0.25, -0.2) is 9.59 Å². The van der Waals surface area contributed by atoms with Crippen LogP contribution in [0.2, 0.25) is 5.02 Å². The summed E-state index contributed by atoms with van der Waals surface area (Å²) < 4.78 is 9.57. The number of rotatable bonds is 5. The van der Waals surface area contributed by atoms with Crippen molar-refractivity contribution in [3.8, 4) is 0 Å². The van der Waals surface area contributed by atoms with Gasteiger partial charge in [0.05, 0.1) is 5.88 Å². The van der Waals surface area contributed by atoms with E-state index in [9.17, 15) is 9.59 Å². The maximum absolute atomic E-state index is 11.5. The molecule has 0 aliphatic heterocycles. The summed E-state index contributed by atoms with van der Waals surface area (Å²) in [6, 6.07) is 6.54. The van der Waals surface area contributed by atoms with Crippen molar-refractivity contribution < 1.29 is 19.1 Å². The summed E-state index contributed by atoms with van der Waals surface area (Å²) in [4.78, 5) is 22.8. The zero-order valence-corrected chi connectivity index (χ0v) is 11.7. The van der Waals surface area contributed by atoms with E-state index >= 15 is 0 Å². The number of carbonyl (C=O) groups is 2. The summed E-state index contributed by atoms with van der Waals surface area (Å²) in [7, 11) is 0. The van der Waals surface area contributed by atoms with Crippen LogP contribution in [0.5, 0.6) is 0 Å². The number of amides is 1. The smallest absolute Gasteiger partial charge is 0.412 e. The Kier molecular flexibility index (Phi) is 6.45. The number of hydrogen-bond donors (Lipinski definition) is 1. The monoisotopic (exact) mass is 305 g/mol. The minimum Gasteiger partial charge on any atom is -0.462 e. The highest BCUT2D eigenvalue weighted by atomic mass is 35.5. The van der Waals surface area contributed by atoms with Crippen molar-refractivity contribution in [3.63, 3.8) is 0 Å². The van der Waals surface area contributed by atoms with E-state index in [2.05, 4.69) is 5.32 Å². The van der Waals surface area contributed by atoms with E-state index in [1.54, 1.807) is 24.3 Å². The van der Waals surface area contributed by atoms with Crippen LogP contribution in [0.15, 0.2) is 24.3 Å². The van der Waals surface area contributed by atoms with Gasteiger partial charge in [-0.15, -0.1) is 11.6 Å². The van der Waals surface area contributed by atoms with Crippen molar-refractivity contribution >= 4 is 41.0 Å². The van der Waals surface area contributed by atoms with Gasteiger partial charge in [0.15, 0.2) is 6.10 Å². The van der Waals surface area contributed by atoms with Crippen LogP contribution >= 0.6 is 23.2 Å². The van der Waals surface area contributed by atoms with E-state index < -0.39 is 18.2 Å². The summed E-state index contributed by atoms with van der Waals surface area (Å²) >= 11 is 11.1. The second kappa shape index (κ2) is 7.86. The molecule has 1 N–H and O–H groups in total. The van der Waals surface area contributed by atoms with Gasteiger partial charge in [0.1, 0.15) is 6.61 Å². The van der Waals surface area contributed by atoms with Gasteiger partial charge in [0, 0.05) is 10.7 Å². The van der Waals surface area contributed by atoms with Gasteiger partial charge in [-0.3, -0.25) is 5.32 Å². The molecular weight excluding hydrogens is 293 g/mol. The first-order chi connectivity index (χ1) is 9.02. The lowest BCUT2D eigenvalue weighted by atomic mass is 10.3. The Morgan fingerprint density at radius 2 is 2.16 bits per heavy atom. The van der Waals surface area contributed by atoms with E-state index in [1.165, 1.54) is 6.92 Å². The Hall–Kier alpha value is -1.46. The molecule has 0 saturated heterocycles. The third-order valence-corrected chi connectivity index (χ3v) is 2.40. The molecule has 0 saturated carbocycles. The Morgan fingerprint density at radius 1 is 1.42 bits per heavy atom. The predicted octanol–water partition coefficient (Wildman–Crippen LogP) is 3.06. The maximum Gasteiger partial charge on any atom is 0.412 e. The zero-order valence-electron chi connectivity index (χ0n) is 10.2. The summed E-state index contributed by atoms with van der Waals surface area (Å²) in [6.45, 7) is 1.48. The molecule has 0 aromatic heterocycles.